The average Bonchev–Trinajstić information content (AvgIpc) is 3.30. The van der Waals surface area contributed by atoms with Crippen LogP contribution < -0.4 is 5.32 Å². The van der Waals surface area contributed by atoms with Crippen LogP contribution in [-0.4, -0.2) is 30.6 Å². The van der Waals surface area contributed by atoms with E-state index >= 15 is 0 Å². The van der Waals surface area contributed by atoms with E-state index in [-0.39, 0.29) is 11.6 Å². The Morgan fingerprint density at radius 3 is 2.52 bits per heavy atom. The number of halogens is 2. The highest BCUT2D eigenvalue weighted by Gasteiger charge is 2.36. The van der Waals surface area contributed by atoms with Crippen molar-refractivity contribution < 1.29 is 8.78 Å². The number of nitrogens with zero attached hydrogens (tertiary/aromatic N) is 1. The van der Waals surface area contributed by atoms with Gasteiger partial charge in [0.25, 0.3) is 0 Å². The Hall–Kier alpha value is -1.00. The second-order valence-electron chi connectivity index (χ2n) is 6.45. The third-order valence-corrected chi connectivity index (χ3v) is 4.80. The minimum absolute atomic E-state index is 0.194. The number of nitrogens with one attached hydrogen (secondary N) is 1. The molecule has 2 nitrogen and oxygen atoms in total. The van der Waals surface area contributed by atoms with Gasteiger partial charge < -0.3 is 5.32 Å². The lowest BCUT2D eigenvalue weighted by molar-refractivity contribution is 0.149. The molecule has 2 unspecified atom stereocenters. The van der Waals surface area contributed by atoms with Crippen LogP contribution in [0, 0.1) is 17.6 Å². The molecule has 1 aliphatic carbocycles. The molecule has 0 aromatic heterocycles. The van der Waals surface area contributed by atoms with E-state index in [1.54, 1.807) is 0 Å². The predicted octanol–water partition coefficient (Wildman–Crippen LogP) is 3.49. The molecule has 1 saturated heterocycles. The van der Waals surface area contributed by atoms with Gasteiger partial charge in [0, 0.05) is 24.2 Å². The van der Waals surface area contributed by atoms with Gasteiger partial charge >= 0.3 is 0 Å². The minimum Gasteiger partial charge on any atom is -0.316 e. The van der Waals surface area contributed by atoms with Crippen LogP contribution in [-0.2, 0) is 0 Å². The quantitative estimate of drug-likeness (QED) is 0.894. The van der Waals surface area contributed by atoms with Crippen molar-refractivity contribution in [1.29, 1.82) is 0 Å². The molecule has 2 fully saturated rings. The fourth-order valence-electron chi connectivity index (χ4n) is 3.48. The highest BCUT2D eigenvalue weighted by atomic mass is 19.1. The zero-order chi connectivity index (χ0) is 14.8. The minimum atomic E-state index is -0.421. The van der Waals surface area contributed by atoms with Crippen LogP contribution in [0.1, 0.15) is 44.2 Å². The van der Waals surface area contributed by atoms with E-state index in [4.69, 9.17) is 0 Å². The molecule has 116 valence electrons. The van der Waals surface area contributed by atoms with E-state index in [1.807, 2.05) is 6.92 Å². The van der Waals surface area contributed by atoms with Gasteiger partial charge in [0.05, 0.1) is 0 Å². The Bertz CT molecular complexity index is 461. The lowest BCUT2D eigenvalue weighted by atomic mass is 9.97. The molecule has 0 bridgehead atoms. The Kier molecular flexibility index (Phi) is 4.55. The van der Waals surface area contributed by atoms with Crippen LogP contribution >= 0.6 is 0 Å². The highest BCUT2D eigenvalue weighted by molar-refractivity contribution is 5.23. The van der Waals surface area contributed by atoms with Crippen molar-refractivity contribution in [2.45, 2.75) is 44.7 Å². The Morgan fingerprint density at radius 1 is 1.24 bits per heavy atom. The molecule has 1 aromatic carbocycles. The molecule has 1 aromatic rings. The molecule has 1 N–H and O–H groups in total. The summed E-state index contributed by atoms with van der Waals surface area (Å²) < 4.78 is 28.1. The maximum atomic E-state index is 14.0. The summed E-state index contributed by atoms with van der Waals surface area (Å²) >= 11 is 0. The molecule has 21 heavy (non-hydrogen) atoms. The van der Waals surface area contributed by atoms with Gasteiger partial charge in [0.15, 0.2) is 0 Å². The molecule has 1 heterocycles. The number of rotatable bonds is 5. The maximum absolute atomic E-state index is 14.0. The molecule has 0 spiro atoms. The van der Waals surface area contributed by atoms with Crippen molar-refractivity contribution in [3.8, 4) is 0 Å². The first kappa shape index (κ1) is 14.9. The maximum Gasteiger partial charge on any atom is 0.130 e. The predicted molar refractivity (Wildman–Crippen MR) is 80.1 cm³/mol. The second kappa shape index (κ2) is 6.41. The first-order valence-electron chi connectivity index (χ1n) is 8.07. The summed E-state index contributed by atoms with van der Waals surface area (Å²) in [7, 11) is 0. The topological polar surface area (TPSA) is 15.3 Å². The SMILES string of the molecule is CC(c1c(F)cccc1F)N(CC1CCCNC1)C1CC1. The van der Waals surface area contributed by atoms with Gasteiger partial charge in [0.1, 0.15) is 11.6 Å². The van der Waals surface area contributed by atoms with E-state index in [9.17, 15) is 8.78 Å². The molecular weight excluding hydrogens is 270 g/mol. The third kappa shape index (κ3) is 3.43. The fraction of sp³-hybridized carbons (Fsp3) is 0.647. The first-order valence-corrected chi connectivity index (χ1v) is 8.07. The van der Waals surface area contributed by atoms with Gasteiger partial charge in [-0.05, 0) is 63.7 Å². The highest BCUT2D eigenvalue weighted by Crippen LogP contribution is 2.37. The summed E-state index contributed by atoms with van der Waals surface area (Å²) in [5, 5.41) is 3.43. The number of hydrogen-bond acceptors (Lipinski definition) is 2. The van der Waals surface area contributed by atoms with Crippen LogP contribution in [0.5, 0.6) is 0 Å². The van der Waals surface area contributed by atoms with Gasteiger partial charge in [-0.15, -0.1) is 0 Å². The van der Waals surface area contributed by atoms with Crippen LogP contribution in [0.2, 0.25) is 0 Å². The average molecular weight is 294 g/mol. The zero-order valence-electron chi connectivity index (χ0n) is 12.6. The Balaban J connectivity index is 1.76. The number of piperidine rings is 1. The normalized spacial score (nSPS) is 24.3. The molecule has 2 atom stereocenters. The fourth-order valence-corrected chi connectivity index (χ4v) is 3.48. The Labute approximate surface area is 125 Å². The second-order valence-corrected chi connectivity index (χ2v) is 6.45. The standard InChI is InChI=1S/C17H24F2N2/c1-12(17-15(18)5-2-6-16(17)19)21(14-7-8-14)11-13-4-3-9-20-10-13/h2,5-6,12-14,20H,3-4,7-11H2,1H3. The van der Waals surface area contributed by atoms with Crippen LogP contribution in [0.3, 0.4) is 0 Å². The van der Waals surface area contributed by atoms with Crippen molar-refractivity contribution in [2.75, 3.05) is 19.6 Å². The van der Waals surface area contributed by atoms with Crippen molar-refractivity contribution in [1.82, 2.24) is 10.2 Å². The molecule has 3 rings (SSSR count). The summed E-state index contributed by atoms with van der Waals surface area (Å²) in [6, 6.07) is 4.47. The molecule has 4 heteroatoms. The Morgan fingerprint density at radius 2 is 1.95 bits per heavy atom. The van der Waals surface area contributed by atoms with Crippen LogP contribution in [0.15, 0.2) is 18.2 Å². The molecule has 1 aliphatic heterocycles. The van der Waals surface area contributed by atoms with Crippen LogP contribution in [0.4, 0.5) is 8.78 Å². The van der Waals surface area contributed by atoms with E-state index in [0.717, 1.165) is 32.5 Å². The molecular formula is C17H24F2N2. The van der Waals surface area contributed by atoms with Gasteiger partial charge in [-0.25, -0.2) is 8.78 Å². The van der Waals surface area contributed by atoms with E-state index in [0.29, 0.717) is 12.0 Å². The summed E-state index contributed by atoms with van der Waals surface area (Å²) in [4.78, 5) is 2.32. The first-order chi connectivity index (χ1) is 10.2. The van der Waals surface area contributed by atoms with Gasteiger partial charge in [-0.2, -0.15) is 0 Å². The smallest absolute Gasteiger partial charge is 0.130 e. The van der Waals surface area contributed by atoms with E-state index in [1.165, 1.54) is 31.0 Å². The zero-order valence-corrected chi connectivity index (χ0v) is 12.6. The molecule has 2 aliphatic rings. The number of hydrogen-bond donors (Lipinski definition) is 1. The molecule has 0 radical (unpaired) electrons. The van der Waals surface area contributed by atoms with Crippen LogP contribution in [0.25, 0.3) is 0 Å². The van der Waals surface area contributed by atoms with E-state index in [2.05, 4.69) is 10.2 Å². The number of benzene rings is 1. The van der Waals surface area contributed by atoms with Crippen molar-refractivity contribution in [2.24, 2.45) is 5.92 Å². The third-order valence-electron chi connectivity index (χ3n) is 4.80. The van der Waals surface area contributed by atoms with Gasteiger partial charge in [-0.1, -0.05) is 6.07 Å². The summed E-state index contributed by atoms with van der Waals surface area (Å²) in [5.74, 6) is -0.249. The molecule has 0 amide bonds. The van der Waals surface area contributed by atoms with Crippen molar-refractivity contribution >= 4 is 0 Å². The lowest BCUT2D eigenvalue weighted by Crippen LogP contribution is -2.40. The summed E-state index contributed by atoms with van der Waals surface area (Å²) in [6.07, 6.45) is 4.72. The monoisotopic (exact) mass is 294 g/mol. The summed E-state index contributed by atoms with van der Waals surface area (Å²) in [5.41, 5.74) is 0.230. The van der Waals surface area contributed by atoms with Gasteiger partial charge in [-0.3, -0.25) is 4.90 Å². The molecule has 1 saturated carbocycles. The van der Waals surface area contributed by atoms with Crippen molar-refractivity contribution in [3.63, 3.8) is 0 Å². The van der Waals surface area contributed by atoms with Gasteiger partial charge in [0.2, 0.25) is 0 Å². The van der Waals surface area contributed by atoms with Crippen molar-refractivity contribution in [3.05, 3.63) is 35.4 Å². The van der Waals surface area contributed by atoms with E-state index < -0.39 is 11.6 Å². The summed E-state index contributed by atoms with van der Waals surface area (Å²) in [6.45, 7) is 5.00. The largest absolute Gasteiger partial charge is 0.316 e. The lowest BCUT2D eigenvalue weighted by Gasteiger charge is -2.34.